The molecule has 8 nitrogen and oxygen atoms in total. The van der Waals surface area contributed by atoms with E-state index in [9.17, 15) is 18.5 Å². The lowest BCUT2D eigenvalue weighted by atomic mass is 9.80. The summed E-state index contributed by atoms with van der Waals surface area (Å²) in [4.78, 5) is 4.42. The van der Waals surface area contributed by atoms with Crippen LogP contribution in [0.1, 0.15) is 0 Å². The van der Waals surface area contributed by atoms with Crippen molar-refractivity contribution in [3.05, 3.63) is 61.2 Å². The predicted octanol–water partition coefficient (Wildman–Crippen LogP) is 0.354. The van der Waals surface area contributed by atoms with E-state index >= 15 is 0 Å². The van der Waals surface area contributed by atoms with Gasteiger partial charge < -0.3 is 10.0 Å². The quantitative estimate of drug-likeness (QED) is 0.493. The Morgan fingerprint density at radius 3 is 2.44 bits per heavy atom. The van der Waals surface area contributed by atoms with Gasteiger partial charge in [0.2, 0.25) is 0 Å². The fraction of sp³-hybridized carbons (Fsp3) is 0.0588. The summed E-state index contributed by atoms with van der Waals surface area (Å²) in [6, 6.07) is 9.55. The van der Waals surface area contributed by atoms with Crippen LogP contribution in [-0.4, -0.2) is 44.3 Å². The maximum atomic E-state index is 13.1. The van der Waals surface area contributed by atoms with Crippen LogP contribution in [0.3, 0.4) is 0 Å². The zero-order valence-corrected chi connectivity index (χ0v) is 15.1. The predicted molar refractivity (Wildman–Crippen MR) is 101 cm³/mol. The molecule has 4 rings (SSSR count). The van der Waals surface area contributed by atoms with E-state index in [0.29, 0.717) is 16.6 Å². The zero-order chi connectivity index (χ0) is 19.2. The van der Waals surface area contributed by atoms with Gasteiger partial charge in [-0.25, -0.2) is 12.4 Å². The van der Waals surface area contributed by atoms with Crippen molar-refractivity contribution in [1.82, 2.24) is 18.7 Å². The van der Waals surface area contributed by atoms with Crippen LogP contribution in [0.4, 0.5) is 0 Å². The van der Waals surface area contributed by atoms with E-state index in [1.54, 1.807) is 48.4 Å². The maximum Gasteiger partial charge on any atom is 0.490 e. The molecule has 0 amide bonds. The van der Waals surface area contributed by atoms with Crippen LogP contribution in [0.25, 0.3) is 22.2 Å². The normalized spacial score (nSPS) is 11.8. The van der Waals surface area contributed by atoms with Gasteiger partial charge in [0.25, 0.3) is 10.0 Å². The Morgan fingerprint density at radius 1 is 1.07 bits per heavy atom. The van der Waals surface area contributed by atoms with Crippen LogP contribution in [0, 0.1) is 0 Å². The fourth-order valence-corrected chi connectivity index (χ4v) is 4.33. The van der Waals surface area contributed by atoms with Crippen molar-refractivity contribution in [2.24, 2.45) is 7.05 Å². The van der Waals surface area contributed by atoms with Crippen LogP contribution in [0.5, 0.6) is 0 Å². The lowest BCUT2D eigenvalue weighted by Crippen LogP contribution is -2.29. The molecular formula is C17H15BN4O4S. The fourth-order valence-electron chi connectivity index (χ4n) is 2.94. The Morgan fingerprint density at radius 2 is 1.81 bits per heavy atom. The van der Waals surface area contributed by atoms with Crippen LogP contribution < -0.4 is 5.46 Å². The number of benzene rings is 1. The number of nitrogens with zero attached hydrogens (tertiary/aromatic N) is 4. The van der Waals surface area contributed by atoms with Crippen molar-refractivity contribution < 1.29 is 18.5 Å². The second kappa shape index (κ2) is 6.34. The lowest BCUT2D eigenvalue weighted by Gasteiger charge is -2.08. The van der Waals surface area contributed by atoms with E-state index in [-0.39, 0.29) is 10.4 Å². The molecule has 0 unspecified atom stereocenters. The second-order valence-corrected chi connectivity index (χ2v) is 7.88. The molecule has 1 aromatic carbocycles. The van der Waals surface area contributed by atoms with Gasteiger partial charge in [0.1, 0.15) is 0 Å². The van der Waals surface area contributed by atoms with Gasteiger partial charge in [-0.2, -0.15) is 5.10 Å². The highest BCUT2D eigenvalue weighted by molar-refractivity contribution is 7.90. The summed E-state index contributed by atoms with van der Waals surface area (Å²) in [5.41, 5.74) is 1.61. The number of aromatic nitrogens is 4. The Bertz CT molecular complexity index is 1230. The summed E-state index contributed by atoms with van der Waals surface area (Å²) < 4.78 is 28.9. The summed E-state index contributed by atoms with van der Waals surface area (Å²) in [5.74, 6) is 0. The molecule has 3 aromatic heterocycles. The van der Waals surface area contributed by atoms with E-state index < -0.39 is 17.1 Å². The summed E-state index contributed by atoms with van der Waals surface area (Å²) >= 11 is 0. The minimum absolute atomic E-state index is 0.0646. The van der Waals surface area contributed by atoms with Gasteiger partial charge >= 0.3 is 7.12 Å². The van der Waals surface area contributed by atoms with Gasteiger partial charge in [0.15, 0.2) is 0 Å². The standard InChI is InChI=1S/C17H15BN4O4S/c1-21-10-12(8-20-21)16-7-17-14(9-19-16)15(18(23)24)11-22(17)27(25,26)13-5-3-2-4-6-13/h2-11,23-24H,1H3. The first-order valence-corrected chi connectivity index (χ1v) is 9.49. The number of fused-ring (bicyclic) bond motifs is 1. The minimum atomic E-state index is -3.93. The molecule has 4 aromatic rings. The molecule has 0 spiro atoms. The Kier molecular flexibility index (Phi) is 4.10. The van der Waals surface area contributed by atoms with E-state index in [4.69, 9.17) is 0 Å². The maximum absolute atomic E-state index is 13.1. The van der Waals surface area contributed by atoms with Crippen molar-refractivity contribution in [2.75, 3.05) is 0 Å². The van der Waals surface area contributed by atoms with E-state index in [0.717, 1.165) is 9.54 Å². The molecule has 0 radical (unpaired) electrons. The molecule has 136 valence electrons. The molecule has 0 saturated carbocycles. The molecule has 0 fully saturated rings. The lowest BCUT2D eigenvalue weighted by molar-refractivity contribution is 0.426. The molecule has 3 heterocycles. The van der Waals surface area contributed by atoms with Gasteiger partial charge in [0, 0.05) is 42.1 Å². The van der Waals surface area contributed by atoms with Gasteiger partial charge in [0.05, 0.1) is 22.3 Å². The molecule has 2 N–H and O–H groups in total. The number of aryl methyl sites for hydroxylation is 1. The third-order valence-corrected chi connectivity index (χ3v) is 5.95. The van der Waals surface area contributed by atoms with E-state index in [2.05, 4.69) is 10.1 Å². The molecular weight excluding hydrogens is 367 g/mol. The Labute approximate surface area is 155 Å². The molecule has 0 aliphatic rings. The first-order chi connectivity index (χ1) is 12.9. The van der Waals surface area contributed by atoms with Crippen LogP contribution in [0.15, 0.2) is 66.1 Å². The van der Waals surface area contributed by atoms with Gasteiger partial charge in [-0.15, -0.1) is 0 Å². The van der Waals surface area contributed by atoms with Gasteiger partial charge in [-0.05, 0) is 18.2 Å². The highest BCUT2D eigenvalue weighted by Gasteiger charge is 2.26. The number of pyridine rings is 1. The highest BCUT2D eigenvalue weighted by atomic mass is 32.2. The van der Waals surface area contributed by atoms with E-state index in [1.807, 2.05) is 0 Å². The summed E-state index contributed by atoms with van der Waals surface area (Å²) in [5, 5.41) is 23.8. The zero-order valence-electron chi connectivity index (χ0n) is 14.3. The highest BCUT2D eigenvalue weighted by Crippen LogP contribution is 2.25. The number of hydrogen-bond acceptors (Lipinski definition) is 6. The topological polar surface area (TPSA) is 110 Å². The summed E-state index contributed by atoms with van der Waals surface area (Å²) in [6.07, 6.45) is 6.03. The van der Waals surface area contributed by atoms with Crippen LogP contribution in [-0.2, 0) is 17.1 Å². The molecule has 0 aliphatic carbocycles. The third-order valence-electron chi connectivity index (χ3n) is 4.27. The smallest absolute Gasteiger partial charge is 0.423 e. The molecule has 0 atom stereocenters. The molecule has 27 heavy (non-hydrogen) atoms. The van der Waals surface area contributed by atoms with Gasteiger partial charge in [-0.1, -0.05) is 18.2 Å². The van der Waals surface area contributed by atoms with Crippen molar-refractivity contribution >= 4 is 33.5 Å². The van der Waals surface area contributed by atoms with Crippen molar-refractivity contribution in [3.8, 4) is 11.3 Å². The number of hydrogen-bond donors (Lipinski definition) is 2. The second-order valence-electron chi connectivity index (χ2n) is 6.06. The number of rotatable bonds is 4. The largest absolute Gasteiger partial charge is 0.490 e. The third kappa shape index (κ3) is 2.93. The van der Waals surface area contributed by atoms with Crippen LogP contribution >= 0.6 is 0 Å². The molecule has 0 aliphatic heterocycles. The van der Waals surface area contributed by atoms with Crippen molar-refractivity contribution in [1.29, 1.82) is 0 Å². The average molecular weight is 382 g/mol. The van der Waals surface area contributed by atoms with Gasteiger partial charge in [-0.3, -0.25) is 9.67 Å². The summed E-state index contributed by atoms with van der Waals surface area (Å²) in [7, 11) is -3.99. The Balaban J connectivity index is 1.99. The van der Waals surface area contributed by atoms with Crippen molar-refractivity contribution in [3.63, 3.8) is 0 Å². The van der Waals surface area contributed by atoms with E-state index in [1.165, 1.54) is 24.5 Å². The minimum Gasteiger partial charge on any atom is -0.423 e. The first kappa shape index (κ1) is 17.5. The van der Waals surface area contributed by atoms with Crippen LogP contribution in [0.2, 0.25) is 0 Å². The first-order valence-electron chi connectivity index (χ1n) is 8.05. The molecule has 10 heteroatoms. The summed E-state index contributed by atoms with van der Waals surface area (Å²) in [6.45, 7) is 0. The van der Waals surface area contributed by atoms with Crippen molar-refractivity contribution in [2.45, 2.75) is 4.90 Å². The molecule has 0 saturated heterocycles. The Hall–Kier alpha value is -2.95. The average Bonchev–Trinajstić information content (AvgIpc) is 3.26. The molecule has 0 bridgehead atoms. The SMILES string of the molecule is Cn1cc(-c2cc3c(cn2)c(B(O)O)cn3S(=O)(=O)c2ccccc2)cn1. The monoisotopic (exact) mass is 382 g/mol.